The van der Waals surface area contributed by atoms with Gasteiger partial charge in [-0.2, -0.15) is 0 Å². The van der Waals surface area contributed by atoms with Crippen molar-refractivity contribution in [3.63, 3.8) is 0 Å². The van der Waals surface area contributed by atoms with Gasteiger partial charge in [-0.1, -0.05) is 0 Å². The molecule has 4 nitrogen and oxygen atoms in total. The van der Waals surface area contributed by atoms with Gasteiger partial charge in [0, 0.05) is 32.4 Å². The zero-order valence-corrected chi connectivity index (χ0v) is 6.14. The first-order valence-electron chi connectivity index (χ1n) is 3.10. The number of carbonyl (C=O) groups is 1. The van der Waals surface area contributed by atoms with E-state index in [4.69, 9.17) is 0 Å². The van der Waals surface area contributed by atoms with E-state index in [1.807, 2.05) is 19.0 Å². The number of nitrogens with zero attached hydrogens (tertiary/aromatic N) is 1. The maximum Gasteiger partial charge on any atom is 0.264 e. The third-order valence-corrected chi connectivity index (χ3v) is 1.19. The Labute approximate surface area is 59.9 Å². The SMILES string of the molecule is CN(C)C=C1CNNC1=O. The highest BCUT2D eigenvalue weighted by Crippen LogP contribution is 1.97. The van der Waals surface area contributed by atoms with Gasteiger partial charge in [-0.3, -0.25) is 10.2 Å². The van der Waals surface area contributed by atoms with Crippen molar-refractivity contribution >= 4 is 5.91 Å². The van der Waals surface area contributed by atoms with Crippen molar-refractivity contribution in [3.8, 4) is 0 Å². The van der Waals surface area contributed by atoms with E-state index in [1.165, 1.54) is 0 Å². The summed E-state index contributed by atoms with van der Waals surface area (Å²) in [6.07, 6.45) is 1.80. The van der Waals surface area contributed by atoms with E-state index in [0.717, 1.165) is 5.57 Å². The molecular weight excluding hydrogens is 130 g/mol. The van der Waals surface area contributed by atoms with Crippen LogP contribution in [0.5, 0.6) is 0 Å². The molecule has 2 N–H and O–H groups in total. The summed E-state index contributed by atoms with van der Waals surface area (Å²) < 4.78 is 0. The lowest BCUT2D eigenvalue weighted by molar-refractivity contribution is -0.116. The summed E-state index contributed by atoms with van der Waals surface area (Å²) >= 11 is 0. The van der Waals surface area contributed by atoms with Gasteiger partial charge >= 0.3 is 0 Å². The third kappa shape index (κ3) is 1.48. The van der Waals surface area contributed by atoms with Crippen molar-refractivity contribution in [1.29, 1.82) is 0 Å². The van der Waals surface area contributed by atoms with E-state index in [1.54, 1.807) is 6.20 Å². The monoisotopic (exact) mass is 141 g/mol. The number of hydrogen-bond donors (Lipinski definition) is 2. The first-order chi connectivity index (χ1) is 4.70. The van der Waals surface area contributed by atoms with Crippen LogP contribution in [0.15, 0.2) is 11.8 Å². The molecule has 0 aromatic rings. The zero-order valence-electron chi connectivity index (χ0n) is 6.14. The van der Waals surface area contributed by atoms with E-state index >= 15 is 0 Å². The third-order valence-electron chi connectivity index (χ3n) is 1.19. The van der Waals surface area contributed by atoms with Gasteiger partial charge in [0.2, 0.25) is 0 Å². The Morgan fingerprint density at radius 2 is 2.30 bits per heavy atom. The predicted octanol–water partition coefficient (Wildman–Crippen LogP) is -0.934. The zero-order chi connectivity index (χ0) is 7.56. The second kappa shape index (κ2) is 2.70. The van der Waals surface area contributed by atoms with E-state index in [-0.39, 0.29) is 5.91 Å². The summed E-state index contributed by atoms with van der Waals surface area (Å²) in [6.45, 7) is 0.608. The Kier molecular flexibility index (Phi) is 1.91. The highest BCUT2D eigenvalue weighted by atomic mass is 16.2. The van der Waals surface area contributed by atoms with Gasteiger partial charge in [0.1, 0.15) is 0 Å². The maximum atomic E-state index is 10.8. The molecule has 0 aromatic heterocycles. The summed E-state index contributed by atoms with van der Waals surface area (Å²) in [5, 5.41) is 0. The minimum absolute atomic E-state index is 0.0336. The van der Waals surface area contributed by atoms with Gasteiger partial charge in [0.15, 0.2) is 0 Å². The molecule has 1 aliphatic rings. The summed E-state index contributed by atoms with van der Waals surface area (Å²) in [5.41, 5.74) is 5.99. The molecule has 0 aliphatic carbocycles. The normalized spacial score (nSPS) is 21.4. The minimum Gasteiger partial charge on any atom is -0.383 e. The van der Waals surface area contributed by atoms with E-state index in [2.05, 4.69) is 10.9 Å². The molecule has 0 radical (unpaired) electrons. The average molecular weight is 141 g/mol. The van der Waals surface area contributed by atoms with Gasteiger partial charge in [0.25, 0.3) is 5.91 Å². The van der Waals surface area contributed by atoms with Crippen LogP contribution in [0.2, 0.25) is 0 Å². The Balaban J connectivity index is 2.62. The molecule has 4 heteroatoms. The molecule has 0 bridgehead atoms. The van der Waals surface area contributed by atoms with Crippen molar-refractivity contribution in [2.75, 3.05) is 20.6 Å². The van der Waals surface area contributed by atoms with Gasteiger partial charge < -0.3 is 4.90 Å². The fourth-order valence-electron chi connectivity index (χ4n) is 0.796. The molecule has 0 aromatic carbocycles. The fraction of sp³-hybridized carbons (Fsp3) is 0.500. The highest BCUT2D eigenvalue weighted by molar-refractivity contribution is 5.95. The van der Waals surface area contributed by atoms with E-state index in [0.29, 0.717) is 6.54 Å². The van der Waals surface area contributed by atoms with Gasteiger partial charge in [-0.05, 0) is 0 Å². The van der Waals surface area contributed by atoms with Crippen molar-refractivity contribution in [1.82, 2.24) is 15.8 Å². The highest BCUT2D eigenvalue weighted by Gasteiger charge is 2.14. The topological polar surface area (TPSA) is 44.4 Å². The smallest absolute Gasteiger partial charge is 0.264 e. The standard InChI is InChI=1S/C6H11N3O/c1-9(2)4-5-3-7-8-6(5)10/h4,7H,3H2,1-2H3,(H,8,10). The van der Waals surface area contributed by atoms with Gasteiger partial charge in [-0.25, -0.2) is 5.43 Å². The Morgan fingerprint density at radius 3 is 2.70 bits per heavy atom. The molecule has 0 atom stereocenters. The first-order valence-corrected chi connectivity index (χ1v) is 3.10. The van der Waals surface area contributed by atoms with Crippen LogP contribution in [0.25, 0.3) is 0 Å². The number of hydrazine groups is 1. The minimum atomic E-state index is -0.0336. The lowest BCUT2D eigenvalue weighted by Gasteiger charge is -2.03. The fourth-order valence-corrected chi connectivity index (χ4v) is 0.796. The molecule has 10 heavy (non-hydrogen) atoms. The lowest BCUT2D eigenvalue weighted by atomic mass is 10.3. The first kappa shape index (κ1) is 7.08. The Bertz CT molecular complexity index is 174. The maximum absolute atomic E-state index is 10.8. The molecule has 1 saturated heterocycles. The largest absolute Gasteiger partial charge is 0.383 e. The summed E-state index contributed by atoms with van der Waals surface area (Å²) in [7, 11) is 3.78. The second-order valence-corrected chi connectivity index (χ2v) is 2.43. The van der Waals surface area contributed by atoms with Crippen LogP contribution < -0.4 is 10.9 Å². The van der Waals surface area contributed by atoms with Crippen LogP contribution in [0.3, 0.4) is 0 Å². The molecule has 1 aliphatic heterocycles. The van der Waals surface area contributed by atoms with Crippen molar-refractivity contribution < 1.29 is 4.79 Å². The van der Waals surface area contributed by atoms with Crippen LogP contribution in [-0.2, 0) is 4.79 Å². The van der Waals surface area contributed by atoms with E-state index < -0.39 is 0 Å². The lowest BCUT2D eigenvalue weighted by Crippen LogP contribution is -2.25. The van der Waals surface area contributed by atoms with Crippen LogP contribution in [0.1, 0.15) is 0 Å². The molecule has 0 saturated carbocycles. The summed E-state index contributed by atoms with van der Waals surface area (Å²) in [4.78, 5) is 12.7. The van der Waals surface area contributed by atoms with Crippen molar-refractivity contribution in [2.45, 2.75) is 0 Å². The molecule has 0 unspecified atom stereocenters. The molecule has 1 heterocycles. The molecule has 1 rings (SSSR count). The van der Waals surface area contributed by atoms with Crippen molar-refractivity contribution in [3.05, 3.63) is 11.8 Å². The molecular formula is C6H11N3O. The number of rotatable bonds is 1. The number of hydrogen-bond acceptors (Lipinski definition) is 3. The quantitative estimate of drug-likeness (QED) is 0.463. The summed E-state index contributed by atoms with van der Waals surface area (Å²) in [6, 6.07) is 0. The molecule has 1 fully saturated rings. The van der Waals surface area contributed by atoms with E-state index in [9.17, 15) is 4.79 Å². The average Bonchev–Trinajstić information content (AvgIpc) is 2.15. The van der Waals surface area contributed by atoms with Crippen LogP contribution >= 0.6 is 0 Å². The van der Waals surface area contributed by atoms with Gasteiger partial charge in [0.05, 0.1) is 0 Å². The second-order valence-electron chi connectivity index (χ2n) is 2.43. The van der Waals surface area contributed by atoms with Gasteiger partial charge in [-0.15, -0.1) is 0 Å². The van der Waals surface area contributed by atoms with Crippen LogP contribution in [0.4, 0.5) is 0 Å². The number of carbonyl (C=O) groups excluding carboxylic acids is 1. The predicted molar refractivity (Wildman–Crippen MR) is 37.9 cm³/mol. The van der Waals surface area contributed by atoms with Crippen LogP contribution in [-0.4, -0.2) is 31.4 Å². The number of amides is 1. The number of nitrogens with one attached hydrogen (secondary N) is 2. The van der Waals surface area contributed by atoms with Crippen molar-refractivity contribution in [2.24, 2.45) is 0 Å². The Morgan fingerprint density at radius 1 is 1.60 bits per heavy atom. The molecule has 0 spiro atoms. The van der Waals surface area contributed by atoms with Crippen LogP contribution in [0, 0.1) is 0 Å². The molecule has 1 amide bonds. The summed E-state index contributed by atoms with van der Waals surface area (Å²) in [5.74, 6) is -0.0336. The molecule has 56 valence electrons. The Hall–Kier alpha value is -1.03.